The quantitative estimate of drug-likeness (QED) is 0.436. The summed E-state index contributed by atoms with van der Waals surface area (Å²) in [5.74, 6) is -4.71. The molecule has 3 rings (SSSR count). The van der Waals surface area contributed by atoms with Crippen LogP contribution >= 0.6 is 0 Å². The minimum atomic E-state index is -2.36. The summed E-state index contributed by atoms with van der Waals surface area (Å²) in [4.78, 5) is 50.3. The van der Waals surface area contributed by atoms with Crippen molar-refractivity contribution in [2.75, 3.05) is 11.9 Å². The van der Waals surface area contributed by atoms with Crippen molar-refractivity contribution in [3.63, 3.8) is 0 Å². The van der Waals surface area contributed by atoms with Gasteiger partial charge in [-0.15, -0.1) is 0 Å². The van der Waals surface area contributed by atoms with E-state index in [2.05, 4.69) is 15.4 Å². The van der Waals surface area contributed by atoms with Gasteiger partial charge < -0.3 is 29.4 Å². The number of amides is 1. The third kappa shape index (κ3) is 4.53. The first kappa shape index (κ1) is 23.1. The summed E-state index contributed by atoms with van der Waals surface area (Å²) < 4.78 is 22.5. The van der Waals surface area contributed by atoms with E-state index < -0.39 is 42.0 Å². The maximum absolute atomic E-state index is 11.8. The Balaban J connectivity index is 2.11. The number of rotatable bonds is 6. The summed E-state index contributed by atoms with van der Waals surface area (Å²) in [6.45, 7) is 4.33. The normalized spacial score (nSPS) is 24.7. The Morgan fingerprint density at radius 2 is 1.81 bits per heavy atom. The van der Waals surface area contributed by atoms with Crippen LogP contribution in [0, 0.1) is 0 Å². The average molecular weight is 450 g/mol. The van der Waals surface area contributed by atoms with Crippen molar-refractivity contribution in [2.45, 2.75) is 51.8 Å². The SMILES string of the molecule is CC(=O)Nc1ncnn2c([C@]3(O)OC(COC(C)=O)[C@@H](OC(C)=O)[C@H]3OC(C)=O)ccc12. The van der Waals surface area contributed by atoms with Crippen LogP contribution in [-0.4, -0.2) is 68.4 Å². The van der Waals surface area contributed by atoms with Gasteiger partial charge in [0, 0.05) is 27.7 Å². The molecule has 0 aromatic carbocycles. The number of anilines is 1. The number of hydrogen-bond donors (Lipinski definition) is 2. The van der Waals surface area contributed by atoms with Gasteiger partial charge in [0.1, 0.15) is 30.2 Å². The number of fused-ring (bicyclic) bond motifs is 1. The van der Waals surface area contributed by atoms with Gasteiger partial charge in [-0.25, -0.2) is 9.50 Å². The zero-order valence-electron chi connectivity index (χ0n) is 17.7. The summed E-state index contributed by atoms with van der Waals surface area (Å²) in [7, 11) is 0. The van der Waals surface area contributed by atoms with Crippen molar-refractivity contribution in [2.24, 2.45) is 0 Å². The van der Waals surface area contributed by atoms with Crippen molar-refractivity contribution >= 4 is 35.1 Å². The van der Waals surface area contributed by atoms with Gasteiger partial charge in [0.15, 0.2) is 11.9 Å². The molecule has 0 saturated carbocycles. The molecule has 2 aromatic rings. The van der Waals surface area contributed by atoms with E-state index in [0.717, 1.165) is 20.2 Å². The molecule has 13 nitrogen and oxygen atoms in total. The highest BCUT2D eigenvalue weighted by molar-refractivity contribution is 5.91. The minimum absolute atomic E-state index is 0.00442. The molecule has 13 heteroatoms. The number of hydrogen-bond acceptors (Lipinski definition) is 11. The van der Waals surface area contributed by atoms with E-state index >= 15 is 0 Å². The van der Waals surface area contributed by atoms with E-state index in [0.29, 0.717) is 5.52 Å². The van der Waals surface area contributed by atoms with Crippen molar-refractivity contribution in [1.82, 2.24) is 14.6 Å². The number of carbonyl (C=O) groups excluding carboxylic acids is 4. The van der Waals surface area contributed by atoms with Crippen molar-refractivity contribution in [1.29, 1.82) is 0 Å². The summed E-state index contributed by atoms with van der Waals surface area (Å²) in [5, 5.41) is 18.2. The molecule has 1 fully saturated rings. The van der Waals surface area contributed by atoms with E-state index in [9.17, 15) is 24.3 Å². The topological polar surface area (TPSA) is 168 Å². The Labute approximate surface area is 181 Å². The number of esters is 3. The van der Waals surface area contributed by atoms with Gasteiger partial charge in [-0.2, -0.15) is 5.10 Å². The number of carbonyl (C=O) groups is 4. The van der Waals surface area contributed by atoms with Crippen LogP contribution in [-0.2, 0) is 43.9 Å². The highest BCUT2D eigenvalue weighted by atomic mass is 16.7. The predicted molar refractivity (Wildman–Crippen MR) is 104 cm³/mol. The fourth-order valence-corrected chi connectivity index (χ4v) is 3.44. The number of ether oxygens (including phenoxy) is 4. The Kier molecular flexibility index (Phi) is 6.41. The second kappa shape index (κ2) is 8.88. The van der Waals surface area contributed by atoms with Crippen LogP contribution in [0.2, 0.25) is 0 Å². The number of aliphatic hydroxyl groups is 1. The molecule has 32 heavy (non-hydrogen) atoms. The maximum atomic E-state index is 11.8. The van der Waals surface area contributed by atoms with Crippen LogP contribution in [0.4, 0.5) is 5.82 Å². The van der Waals surface area contributed by atoms with Crippen LogP contribution < -0.4 is 5.32 Å². The van der Waals surface area contributed by atoms with E-state index in [1.165, 1.54) is 30.5 Å². The Bertz CT molecular complexity index is 1070. The monoisotopic (exact) mass is 450 g/mol. The second-order valence-electron chi connectivity index (χ2n) is 7.06. The van der Waals surface area contributed by atoms with Gasteiger partial charge in [0.05, 0.1) is 0 Å². The first-order chi connectivity index (χ1) is 15.0. The summed E-state index contributed by atoms with van der Waals surface area (Å²) in [5.41, 5.74) is 0.305. The molecule has 0 aliphatic carbocycles. The molecular weight excluding hydrogens is 428 g/mol. The molecule has 4 atom stereocenters. The van der Waals surface area contributed by atoms with Crippen LogP contribution in [0.3, 0.4) is 0 Å². The molecule has 2 aromatic heterocycles. The predicted octanol–water partition coefficient (Wildman–Crippen LogP) is -0.342. The van der Waals surface area contributed by atoms with Crippen molar-refractivity contribution in [3.05, 3.63) is 24.2 Å². The van der Waals surface area contributed by atoms with Gasteiger partial charge in [0.25, 0.3) is 5.79 Å². The second-order valence-corrected chi connectivity index (χ2v) is 7.06. The molecule has 2 N–H and O–H groups in total. The highest BCUT2D eigenvalue weighted by Gasteiger charge is 2.61. The molecule has 0 bridgehead atoms. The van der Waals surface area contributed by atoms with Gasteiger partial charge in [-0.3, -0.25) is 19.2 Å². The average Bonchev–Trinajstić information content (AvgIpc) is 3.22. The minimum Gasteiger partial charge on any atom is -0.463 e. The number of nitrogens with zero attached hydrogens (tertiary/aromatic N) is 3. The summed E-state index contributed by atoms with van der Waals surface area (Å²) in [6.07, 6.45) is -2.86. The standard InChI is InChI=1S/C19H22N4O9/c1-9(24)22-18-13-5-6-15(23(13)21-8-20-18)19(28)17(31-12(4)27)16(30-11(3)26)14(32-19)7-29-10(2)25/h5-6,8,14,16-17,28H,7H2,1-4H3,(H,20,21,22,24)/t14?,16-,17-,19+/m1/s1. The van der Waals surface area contributed by atoms with E-state index in [4.69, 9.17) is 18.9 Å². The van der Waals surface area contributed by atoms with Crippen LogP contribution in [0.1, 0.15) is 33.4 Å². The fraction of sp³-hybridized carbons (Fsp3) is 0.474. The molecular formula is C19H22N4O9. The van der Waals surface area contributed by atoms with E-state index in [1.54, 1.807) is 0 Å². The van der Waals surface area contributed by atoms with Gasteiger partial charge in [0.2, 0.25) is 12.0 Å². The van der Waals surface area contributed by atoms with Crippen molar-refractivity contribution in [3.8, 4) is 0 Å². The Morgan fingerprint density at radius 1 is 1.12 bits per heavy atom. The maximum Gasteiger partial charge on any atom is 0.303 e. The van der Waals surface area contributed by atoms with Crippen LogP contribution in [0.15, 0.2) is 18.5 Å². The Morgan fingerprint density at radius 3 is 2.41 bits per heavy atom. The van der Waals surface area contributed by atoms with Crippen LogP contribution in [0.25, 0.3) is 5.52 Å². The third-order valence-corrected chi connectivity index (χ3v) is 4.54. The number of aromatic nitrogens is 3. The zero-order chi connectivity index (χ0) is 23.6. The zero-order valence-corrected chi connectivity index (χ0v) is 17.7. The molecule has 1 aliphatic heterocycles. The van der Waals surface area contributed by atoms with Gasteiger partial charge in [-0.1, -0.05) is 0 Å². The van der Waals surface area contributed by atoms with Gasteiger partial charge >= 0.3 is 17.9 Å². The summed E-state index contributed by atoms with van der Waals surface area (Å²) in [6, 6.07) is 2.93. The number of nitrogens with one attached hydrogen (secondary N) is 1. The largest absolute Gasteiger partial charge is 0.463 e. The molecule has 3 heterocycles. The Hall–Kier alpha value is -3.58. The van der Waals surface area contributed by atoms with E-state index in [1.807, 2.05) is 0 Å². The summed E-state index contributed by atoms with van der Waals surface area (Å²) >= 11 is 0. The molecule has 1 amide bonds. The van der Waals surface area contributed by atoms with Crippen molar-refractivity contribution < 1.29 is 43.2 Å². The lowest BCUT2D eigenvalue weighted by molar-refractivity contribution is -0.249. The third-order valence-electron chi connectivity index (χ3n) is 4.54. The molecule has 0 spiro atoms. The lowest BCUT2D eigenvalue weighted by Crippen LogP contribution is -2.46. The first-order valence-corrected chi connectivity index (χ1v) is 9.51. The fourth-order valence-electron chi connectivity index (χ4n) is 3.44. The molecule has 0 radical (unpaired) electrons. The lowest BCUT2D eigenvalue weighted by Gasteiger charge is -2.29. The van der Waals surface area contributed by atoms with Crippen LogP contribution in [0.5, 0.6) is 0 Å². The highest BCUT2D eigenvalue weighted by Crippen LogP contribution is 2.42. The smallest absolute Gasteiger partial charge is 0.303 e. The first-order valence-electron chi connectivity index (χ1n) is 9.51. The lowest BCUT2D eigenvalue weighted by atomic mass is 10.0. The molecule has 1 aliphatic rings. The van der Waals surface area contributed by atoms with Gasteiger partial charge in [-0.05, 0) is 12.1 Å². The molecule has 1 saturated heterocycles. The molecule has 1 unspecified atom stereocenters. The van der Waals surface area contributed by atoms with E-state index in [-0.39, 0.29) is 24.0 Å². The molecule has 172 valence electrons.